The number of amides is 2. The SMILES string of the molecule is NC(=O)C1CCN(c2ncc3c(n2)CCN(CC(=O)N2CCN(C4CCC4)CC2)C3)CC1. The number of carbonyl (C=O) groups excluding carboxylic acids is 2. The van der Waals surface area contributed by atoms with Gasteiger partial charge in [-0.15, -0.1) is 0 Å². The van der Waals surface area contributed by atoms with Gasteiger partial charge < -0.3 is 15.5 Å². The van der Waals surface area contributed by atoms with Gasteiger partial charge in [0.2, 0.25) is 17.8 Å². The molecule has 2 N–H and O–H groups in total. The molecule has 4 aliphatic rings. The Morgan fingerprint density at radius 1 is 1.00 bits per heavy atom. The number of piperazine rings is 1. The Hall–Kier alpha value is -2.26. The number of aromatic nitrogens is 2. The minimum absolute atomic E-state index is 0.0313. The molecule has 0 unspecified atom stereocenters. The first-order chi connectivity index (χ1) is 15.6. The van der Waals surface area contributed by atoms with Gasteiger partial charge in [-0.2, -0.15) is 0 Å². The van der Waals surface area contributed by atoms with Crippen LogP contribution in [0.3, 0.4) is 0 Å². The second kappa shape index (κ2) is 9.31. The maximum absolute atomic E-state index is 12.9. The average Bonchev–Trinajstić information content (AvgIpc) is 2.78. The lowest BCUT2D eigenvalue weighted by Crippen LogP contribution is -2.55. The highest BCUT2D eigenvalue weighted by atomic mass is 16.2. The van der Waals surface area contributed by atoms with Crippen LogP contribution in [0.4, 0.5) is 5.95 Å². The molecular weight excluding hydrogens is 406 g/mol. The second-order valence-electron chi connectivity index (χ2n) is 9.77. The summed E-state index contributed by atoms with van der Waals surface area (Å²) in [6.07, 6.45) is 8.31. The minimum atomic E-state index is -0.203. The highest BCUT2D eigenvalue weighted by Crippen LogP contribution is 2.26. The van der Waals surface area contributed by atoms with Gasteiger partial charge in [0, 0.05) is 82.5 Å². The van der Waals surface area contributed by atoms with Crippen molar-refractivity contribution in [3.05, 3.63) is 17.5 Å². The van der Waals surface area contributed by atoms with Gasteiger partial charge in [0.1, 0.15) is 0 Å². The smallest absolute Gasteiger partial charge is 0.236 e. The number of anilines is 1. The summed E-state index contributed by atoms with van der Waals surface area (Å²) in [5, 5.41) is 0. The number of piperidine rings is 1. The third kappa shape index (κ3) is 4.59. The van der Waals surface area contributed by atoms with Crippen molar-refractivity contribution in [3.8, 4) is 0 Å². The fourth-order valence-corrected chi connectivity index (χ4v) is 5.39. The average molecular weight is 442 g/mol. The molecule has 3 aliphatic heterocycles. The largest absolute Gasteiger partial charge is 0.369 e. The monoisotopic (exact) mass is 441 g/mol. The molecule has 2 saturated heterocycles. The van der Waals surface area contributed by atoms with Crippen LogP contribution >= 0.6 is 0 Å². The summed E-state index contributed by atoms with van der Waals surface area (Å²) in [5.74, 6) is 0.763. The number of nitrogens with two attached hydrogens (primary N) is 1. The zero-order valence-corrected chi connectivity index (χ0v) is 18.9. The van der Waals surface area contributed by atoms with Crippen molar-refractivity contribution in [3.63, 3.8) is 0 Å². The lowest BCUT2D eigenvalue weighted by molar-refractivity contribution is -0.135. The first-order valence-corrected chi connectivity index (χ1v) is 12.2. The summed E-state index contributed by atoms with van der Waals surface area (Å²) in [6.45, 7) is 7.35. The van der Waals surface area contributed by atoms with E-state index in [-0.39, 0.29) is 17.7 Å². The molecule has 1 aromatic rings. The van der Waals surface area contributed by atoms with Crippen LogP contribution in [-0.4, -0.2) is 94.9 Å². The van der Waals surface area contributed by atoms with Crippen LogP contribution in [0.1, 0.15) is 43.4 Å². The molecule has 9 heteroatoms. The number of primary amides is 1. The maximum atomic E-state index is 12.9. The summed E-state index contributed by atoms with van der Waals surface area (Å²) in [7, 11) is 0. The van der Waals surface area contributed by atoms with Crippen LogP contribution in [0.15, 0.2) is 6.20 Å². The molecule has 1 saturated carbocycles. The highest BCUT2D eigenvalue weighted by molar-refractivity contribution is 5.78. The van der Waals surface area contributed by atoms with E-state index in [2.05, 4.69) is 19.7 Å². The fraction of sp³-hybridized carbons (Fsp3) is 0.739. The molecule has 4 heterocycles. The Kier molecular flexibility index (Phi) is 6.28. The van der Waals surface area contributed by atoms with Gasteiger partial charge in [-0.3, -0.25) is 19.4 Å². The van der Waals surface area contributed by atoms with E-state index in [0.29, 0.717) is 6.54 Å². The normalized spacial score (nSPS) is 23.6. The zero-order chi connectivity index (χ0) is 22.1. The summed E-state index contributed by atoms with van der Waals surface area (Å²) in [5.41, 5.74) is 7.65. The van der Waals surface area contributed by atoms with Gasteiger partial charge in [-0.25, -0.2) is 9.97 Å². The van der Waals surface area contributed by atoms with Crippen molar-refractivity contribution in [1.82, 2.24) is 24.7 Å². The number of carbonyl (C=O) groups is 2. The van der Waals surface area contributed by atoms with E-state index in [1.165, 1.54) is 19.3 Å². The molecular formula is C23H35N7O2. The lowest BCUT2D eigenvalue weighted by atomic mass is 9.91. The van der Waals surface area contributed by atoms with Gasteiger partial charge in [0.05, 0.1) is 12.2 Å². The second-order valence-corrected chi connectivity index (χ2v) is 9.77. The van der Waals surface area contributed by atoms with Gasteiger partial charge in [0.15, 0.2) is 0 Å². The van der Waals surface area contributed by atoms with E-state index >= 15 is 0 Å². The minimum Gasteiger partial charge on any atom is -0.369 e. The number of hydrogen-bond donors (Lipinski definition) is 1. The summed E-state index contributed by atoms with van der Waals surface area (Å²) in [6, 6.07) is 0.769. The Morgan fingerprint density at radius 3 is 2.41 bits per heavy atom. The summed E-state index contributed by atoms with van der Waals surface area (Å²) in [4.78, 5) is 42.7. The number of nitrogens with zero attached hydrogens (tertiary/aromatic N) is 6. The molecule has 1 aliphatic carbocycles. The molecule has 1 aromatic heterocycles. The van der Waals surface area contributed by atoms with Crippen LogP contribution < -0.4 is 10.6 Å². The Morgan fingerprint density at radius 2 is 1.75 bits per heavy atom. The molecule has 174 valence electrons. The third-order valence-electron chi connectivity index (χ3n) is 7.80. The maximum Gasteiger partial charge on any atom is 0.236 e. The standard InChI is InChI=1S/C23H35N7O2/c24-22(32)17-4-8-30(9-5-17)23-25-14-18-15-27(7-6-20(18)26-23)16-21(31)29-12-10-28(11-13-29)19-2-1-3-19/h14,17,19H,1-13,15-16H2,(H2,24,32). The first kappa shape index (κ1) is 21.6. The van der Waals surface area contributed by atoms with E-state index in [4.69, 9.17) is 10.7 Å². The molecule has 0 aromatic carbocycles. The Balaban J connectivity index is 1.12. The fourth-order valence-electron chi connectivity index (χ4n) is 5.39. The van der Waals surface area contributed by atoms with Crippen molar-refractivity contribution < 1.29 is 9.59 Å². The van der Waals surface area contributed by atoms with Crippen LogP contribution in [0.25, 0.3) is 0 Å². The van der Waals surface area contributed by atoms with Crippen molar-refractivity contribution in [2.45, 2.75) is 51.1 Å². The third-order valence-corrected chi connectivity index (χ3v) is 7.80. The molecule has 0 atom stereocenters. The van der Waals surface area contributed by atoms with Crippen molar-refractivity contribution >= 4 is 17.8 Å². The molecule has 32 heavy (non-hydrogen) atoms. The predicted molar refractivity (Wildman–Crippen MR) is 121 cm³/mol. The van der Waals surface area contributed by atoms with Crippen LogP contribution in [0, 0.1) is 5.92 Å². The molecule has 3 fully saturated rings. The van der Waals surface area contributed by atoms with Crippen molar-refractivity contribution in [1.29, 1.82) is 0 Å². The van der Waals surface area contributed by atoms with E-state index in [9.17, 15) is 9.59 Å². The quantitative estimate of drug-likeness (QED) is 0.698. The lowest BCUT2D eigenvalue weighted by Gasteiger charge is -2.43. The Labute approximate surface area is 189 Å². The first-order valence-electron chi connectivity index (χ1n) is 12.2. The van der Waals surface area contributed by atoms with Gasteiger partial charge in [-0.1, -0.05) is 6.42 Å². The molecule has 0 spiro atoms. The molecule has 0 bridgehead atoms. The van der Waals surface area contributed by atoms with Crippen LogP contribution in [0.2, 0.25) is 0 Å². The van der Waals surface area contributed by atoms with E-state index < -0.39 is 0 Å². The predicted octanol–water partition coefficient (Wildman–Crippen LogP) is 0.233. The van der Waals surface area contributed by atoms with Crippen LogP contribution in [-0.2, 0) is 22.6 Å². The van der Waals surface area contributed by atoms with Gasteiger partial charge >= 0.3 is 0 Å². The van der Waals surface area contributed by atoms with Crippen LogP contribution in [0.5, 0.6) is 0 Å². The molecule has 5 rings (SSSR count). The van der Waals surface area contributed by atoms with Crippen molar-refractivity contribution in [2.75, 3.05) is 57.3 Å². The molecule has 0 radical (unpaired) electrons. The highest BCUT2D eigenvalue weighted by Gasteiger charge is 2.31. The number of rotatable bonds is 5. The van der Waals surface area contributed by atoms with E-state index in [1.54, 1.807) is 0 Å². The summed E-state index contributed by atoms with van der Waals surface area (Å²) < 4.78 is 0. The number of hydrogen-bond acceptors (Lipinski definition) is 7. The number of fused-ring (bicyclic) bond motifs is 1. The molecule has 9 nitrogen and oxygen atoms in total. The molecule has 2 amide bonds. The van der Waals surface area contributed by atoms with E-state index in [1.807, 2.05) is 11.1 Å². The van der Waals surface area contributed by atoms with Gasteiger partial charge in [-0.05, 0) is 25.7 Å². The zero-order valence-electron chi connectivity index (χ0n) is 18.9. The van der Waals surface area contributed by atoms with Crippen molar-refractivity contribution in [2.24, 2.45) is 11.7 Å². The van der Waals surface area contributed by atoms with Gasteiger partial charge in [0.25, 0.3) is 0 Å². The summed E-state index contributed by atoms with van der Waals surface area (Å²) >= 11 is 0. The Bertz CT molecular complexity index is 843. The topological polar surface area (TPSA) is 98.9 Å². The van der Waals surface area contributed by atoms with E-state index in [0.717, 1.165) is 94.9 Å².